The van der Waals surface area contributed by atoms with Crippen molar-refractivity contribution in [1.29, 1.82) is 0 Å². The molecule has 1 aromatic rings. The van der Waals surface area contributed by atoms with Gasteiger partial charge in [0.2, 0.25) is 5.96 Å². The SMILES string of the molecule is Cc1ccc(C(=O)NC(N)=NCl)cc1C(F)(F)F.Cl. The third-order valence-corrected chi connectivity index (χ3v) is 2.32. The summed E-state index contributed by atoms with van der Waals surface area (Å²) in [5.41, 5.74) is 4.09. The number of nitrogens with one attached hydrogen (secondary N) is 1. The Labute approximate surface area is 118 Å². The average Bonchev–Trinajstić information content (AvgIpc) is 2.27. The van der Waals surface area contributed by atoms with Gasteiger partial charge >= 0.3 is 6.18 Å². The van der Waals surface area contributed by atoms with Crippen LogP contribution in [0.1, 0.15) is 21.5 Å². The number of nitrogens with two attached hydrogens (primary N) is 1. The smallest absolute Gasteiger partial charge is 0.369 e. The molecular weight excluding hydrogens is 306 g/mol. The minimum absolute atomic E-state index is 0. The molecule has 0 saturated heterocycles. The molecule has 0 aliphatic heterocycles. The molecule has 0 spiro atoms. The Hall–Kier alpha value is -1.47. The van der Waals surface area contributed by atoms with Crippen molar-refractivity contribution in [2.45, 2.75) is 13.1 Å². The summed E-state index contributed by atoms with van der Waals surface area (Å²) in [6.45, 7) is 1.30. The molecule has 0 saturated carbocycles. The molecular formula is C10H10Cl2F3N3O. The van der Waals surface area contributed by atoms with E-state index in [1.807, 2.05) is 5.32 Å². The first-order valence-electron chi connectivity index (χ1n) is 4.69. The number of aryl methyl sites for hydroxylation is 1. The fraction of sp³-hybridized carbons (Fsp3) is 0.200. The second kappa shape index (κ2) is 6.63. The van der Waals surface area contributed by atoms with Crippen LogP contribution in [0.15, 0.2) is 22.7 Å². The van der Waals surface area contributed by atoms with E-state index in [0.29, 0.717) is 0 Å². The van der Waals surface area contributed by atoms with Crippen LogP contribution < -0.4 is 11.1 Å². The molecule has 0 unspecified atom stereocenters. The van der Waals surface area contributed by atoms with Crippen molar-refractivity contribution in [2.75, 3.05) is 0 Å². The van der Waals surface area contributed by atoms with Gasteiger partial charge in [0.25, 0.3) is 5.91 Å². The number of halogens is 5. The average molecular weight is 316 g/mol. The van der Waals surface area contributed by atoms with Crippen molar-refractivity contribution < 1.29 is 18.0 Å². The molecule has 1 rings (SSSR count). The van der Waals surface area contributed by atoms with E-state index >= 15 is 0 Å². The predicted molar refractivity (Wildman–Crippen MR) is 68.4 cm³/mol. The summed E-state index contributed by atoms with van der Waals surface area (Å²) < 4.78 is 40.8. The molecule has 0 aliphatic rings. The Bertz CT molecular complexity index is 503. The Kier molecular flexibility index (Phi) is 6.11. The molecule has 0 fully saturated rings. The standard InChI is InChI=1S/C10H9ClF3N3O.ClH/c1-5-2-3-6(4-7(5)10(12,13)14)8(18)16-9(15)17-11;/h2-4H,1H3,(H3,15,16,17,18);1H. The first-order chi connectivity index (χ1) is 8.25. The fourth-order valence-electron chi connectivity index (χ4n) is 1.28. The van der Waals surface area contributed by atoms with Crippen molar-refractivity contribution in [3.8, 4) is 0 Å². The van der Waals surface area contributed by atoms with Gasteiger partial charge in [-0.05, 0) is 24.6 Å². The van der Waals surface area contributed by atoms with Crippen molar-refractivity contribution in [2.24, 2.45) is 10.2 Å². The van der Waals surface area contributed by atoms with Crippen LogP contribution in [0.25, 0.3) is 0 Å². The van der Waals surface area contributed by atoms with E-state index < -0.39 is 23.6 Å². The van der Waals surface area contributed by atoms with Gasteiger partial charge in [0.05, 0.1) is 5.56 Å². The van der Waals surface area contributed by atoms with E-state index in [9.17, 15) is 18.0 Å². The zero-order valence-corrected chi connectivity index (χ0v) is 11.2. The summed E-state index contributed by atoms with van der Waals surface area (Å²) in [4.78, 5) is 11.5. The molecule has 0 heterocycles. The fourth-order valence-corrected chi connectivity index (χ4v) is 1.32. The number of guanidine groups is 1. The number of carbonyl (C=O) groups excluding carboxylic acids is 1. The first kappa shape index (κ1) is 17.5. The molecule has 0 aliphatic carbocycles. The van der Waals surface area contributed by atoms with Crippen LogP contribution in [-0.4, -0.2) is 11.9 Å². The van der Waals surface area contributed by atoms with Crippen LogP contribution in [0.3, 0.4) is 0 Å². The molecule has 1 aromatic carbocycles. The van der Waals surface area contributed by atoms with Crippen LogP contribution in [0.2, 0.25) is 0 Å². The van der Waals surface area contributed by atoms with Crippen molar-refractivity contribution in [1.82, 2.24) is 5.32 Å². The highest BCUT2D eigenvalue weighted by Gasteiger charge is 2.32. The van der Waals surface area contributed by atoms with Crippen molar-refractivity contribution >= 4 is 36.1 Å². The maximum atomic E-state index is 12.6. The van der Waals surface area contributed by atoms with Gasteiger partial charge in [-0.2, -0.15) is 13.2 Å². The van der Waals surface area contributed by atoms with Crippen LogP contribution in [0.4, 0.5) is 13.2 Å². The van der Waals surface area contributed by atoms with Gasteiger partial charge in [0.1, 0.15) is 0 Å². The summed E-state index contributed by atoms with van der Waals surface area (Å²) in [5.74, 6) is -1.21. The summed E-state index contributed by atoms with van der Waals surface area (Å²) in [6.07, 6.45) is -4.52. The molecule has 1 amide bonds. The van der Waals surface area contributed by atoms with E-state index in [4.69, 9.17) is 17.5 Å². The summed E-state index contributed by atoms with van der Waals surface area (Å²) in [7, 11) is 0. The van der Waals surface area contributed by atoms with Crippen LogP contribution in [0, 0.1) is 6.92 Å². The normalized spacial score (nSPS) is 11.7. The number of rotatable bonds is 1. The minimum Gasteiger partial charge on any atom is -0.369 e. The van der Waals surface area contributed by atoms with Gasteiger partial charge < -0.3 is 5.73 Å². The van der Waals surface area contributed by atoms with E-state index in [-0.39, 0.29) is 23.5 Å². The highest BCUT2D eigenvalue weighted by molar-refractivity contribution is 6.21. The molecule has 19 heavy (non-hydrogen) atoms. The number of nitrogens with zero attached hydrogens (tertiary/aromatic N) is 1. The van der Waals surface area contributed by atoms with Crippen LogP contribution in [-0.2, 0) is 6.18 Å². The lowest BCUT2D eigenvalue weighted by atomic mass is 10.0. The Morgan fingerprint density at radius 3 is 2.47 bits per heavy atom. The molecule has 0 atom stereocenters. The Morgan fingerprint density at radius 1 is 1.42 bits per heavy atom. The molecule has 106 valence electrons. The lowest BCUT2D eigenvalue weighted by Gasteiger charge is -2.11. The number of benzene rings is 1. The second-order valence-electron chi connectivity index (χ2n) is 3.45. The van der Waals surface area contributed by atoms with E-state index in [1.54, 1.807) is 0 Å². The first-order valence-corrected chi connectivity index (χ1v) is 5.03. The number of hydrogen-bond acceptors (Lipinski definition) is 2. The molecule has 4 nitrogen and oxygen atoms in total. The van der Waals surface area contributed by atoms with Crippen molar-refractivity contribution in [3.05, 3.63) is 34.9 Å². The third kappa shape index (κ3) is 4.60. The number of amides is 1. The lowest BCUT2D eigenvalue weighted by molar-refractivity contribution is -0.138. The summed E-state index contributed by atoms with van der Waals surface area (Å²) in [5, 5.41) is 2.03. The van der Waals surface area contributed by atoms with Gasteiger partial charge in [-0.15, -0.1) is 16.9 Å². The minimum atomic E-state index is -4.52. The Morgan fingerprint density at radius 2 is 2.00 bits per heavy atom. The van der Waals surface area contributed by atoms with Crippen LogP contribution >= 0.6 is 24.2 Å². The second-order valence-corrected chi connectivity index (χ2v) is 3.62. The number of alkyl halides is 3. The van der Waals surface area contributed by atoms with Gasteiger partial charge in [-0.3, -0.25) is 10.1 Å². The predicted octanol–water partition coefficient (Wildman–Crippen LogP) is 2.63. The Balaban J connectivity index is 0.00000324. The zero-order valence-electron chi connectivity index (χ0n) is 9.58. The van der Waals surface area contributed by atoms with Crippen molar-refractivity contribution in [3.63, 3.8) is 0 Å². The lowest BCUT2D eigenvalue weighted by Crippen LogP contribution is -2.36. The maximum absolute atomic E-state index is 12.6. The molecule has 3 N–H and O–H groups in total. The molecule has 0 bridgehead atoms. The van der Waals surface area contributed by atoms with Gasteiger partial charge in [0, 0.05) is 17.3 Å². The summed E-state index contributed by atoms with van der Waals surface area (Å²) in [6, 6.07) is 3.19. The summed E-state index contributed by atoms with van der Waals surface area (Å²) >= 11 is 4.98. The largest absolute Gasteiger partial charge is 0.416 e. The van der Waals surface area contributed by atoms with E-state index in [0.717, 1.165) is 6.07 Å². The molecule has 0 radical (unpaired) electrons. The number of hydrogen-bond donors (Lipinski definition) is 2. The zero-order chi connectivity index (χ0) is 13.9. The molecule has 9 heteroatoms. The third-order valence-electron chi connectivity index (χ3n) is 2.14. The van der Waals surface area contributed by atoms with Gasteiger partial charge in [-0.25, -0.2) is 0 Å². The number of carbonyl (C=O) groups is 1. The van der Waals surface area contributed by atoms with Gasteiger partial charge in [0.15, 0.2) is 0 Å². The topological polar surface area (TPSA) is 67.5 Å². The highest BCUT2D eigenvalue weighted by atomic mass is 35.5. The highest BCUT2D eigenvalue weighted by Crippen LogP contribution is 2.32. The monoisotopic (exact) mass is 315 g/mol. The maximum Gasteiger partial charge on any atom is 0.416 e. The quantitative estimate of drug-likeness (QED) is 0.618. The van der Waals surface area contributed by atoms with E-state index in [2.05, 4.69) is 4.51 Å². The van der Waals surface area contributed by atoms with Crippen LogP contribution in [0.5, 0.6) is 0 Å². The van der Waals surface area contributed by atoms with Gasteiger partial charge in [-0.1, -0.05) is 6.07 Å². The van der Waals surface area contributed by atoms with E-state index in [1.165, 1.54) is 19.1 Å². The molecule has 0 aromatic heterocycles.